The van der Waals surface area contributed by atoms with Gasteiger partial charge in [-0.1, -0.05) is 41.8 Å². The Balaban J connectivity index is 1.36. The summed E-state index contributed by atoms with van der Waals surface area (Å²) in [5.74, 6) is -0.0954. The predicted molar refractivity (Wildman–Crippen MR) is 105 cm³/mol. The Morgan fingerprint density at radius 2 is 1.93 bits per heavy atom. The van der Waals surface area contributed by atoms with Gasteiger partial charge in [-0.15, -0.1) is 5.10 Å². The summed E-state index contributed by atoms with van der Waals surface area (Å²) < 4.78 is 1.87. The first-order valence-corrected chi connectivity index (χ1v) is 10.2. The van der Waals surface area contributed by atoms with Gasteiger partial charge in [0, 0.05) is 24.2 Å². The van der Waals surface area contributed by atoms with E-state index in [-0.39, 0.29) is 11.9 Å². The monoisotopic (exact) mass is 387 g/mol. The molecular weight excluding hydrogens is 362 g/mol. The Bertz CT molecular complexity index is 769. The number of hydrogen-bond donors (Lipinski definition) is 1. The van der Waals surface area contributed by atoms with Gasteiger partial charge in [0.05, 0.1) is 12.2 Å². The van der Waals surface area contributed by atoms with E-state index in [1.165, 1.54) is 18.4 Å². The molecule has 1 aliphatic heterocycles. The summed E-state index contributed by atoms with van der Waals surface area (Å²) in [5.41, 5.74) is 1.69. The van der Waals surface area contributed by atoms with E-state index in [9.17, 15) is 4.79 Å². The first kappa shape index (κ1) is 18.4. The summed E-state index contributed by atoms with van der Waals surface area (Å²) in [7, 11) is 0. The average Bonchev–Trinajstić information content (AvgIpc) is 3.36. The highest BCUT2D eigenvalue weighted by Gasteiger charge is 2.24. The van der Waals surface area contributed by atoms with Crippen molar-refractivity contribution in [2.75, 3.05) is 13.1 Å². The van der Waals surface area contributed by atoms with E-state index in [1.54, 1.807) is 6.20 Å². The van der Waals surface area contributed by atoms with Gasteiger partial charge < -0.3 is 5.32 Å². The third-order valence-electron chi connectivity index (χ3n) is 5.61. The second-order valence-electron chi connectivity index (χ2n) is 7.70. The Morgan fingerprint density at radius 1 is 1.15 bits per heavy atom. The van der Waals surface area contributed by atoms with E-state index in [1.807, 2.05) is 16.8 Å². The summed E-state index contributed by atoms with van der Waals surface area (Å²) in [6.07, 6.45) is 8.52. The number of nitrogens with zero attached hydrogens (tertiary/aromatic N) is 4. The van der Waals surface area contributed by atoms with Crippen LogP contribution in [0.4, 0.5) is 0 Å². The Labute approximate surface area is 164 Å². The minimum Gasteiger partial charge on any atom is -0.348 e. The van der Waals surface area contributed by atoms with E-state index in [4.69, 9.17) is 11.6 Å². The van der Waals surface area contributed by atoms with Crippen LogP contribution >= 0.6 is 11.6 Å². The maximum absolute atomic E-state index is 12.4. The summed E-state index contributed by atoms with van der Waals surface area (Å²) in [6.45, 7) is 2.88. The molecule has 6 nitrogen and oxygen atoms in total. The molecule has 144 valence electrons. The van der Waals surface area contributed by atoms with Crippen LogP contribution in [0.25, 0.3) is 0 Å². The van der Waals surface area contributed by atoms with Crippen LogP contribution in [-0.4, -0.2) is 44.9 Å². The van der Waals surface area contributed by atoms with Crippen molar-refractivity contribution in [1.29, 1.82) is 0 Å². The van der Waals surface area contributed by atoms with Crippen molar-refractivity contribution in [2.45, 2.75) is 57.2 Å². The number of rotatable bonds is 5. The molecular formula is C20H26ClN5O. The largest absolute Gasteiger partial charge is 0.348 e. The molecule has 1 atom stereocenters. The van der Waals surface area contributed by atoms with Crippen molar-refractivity contribution in [3.05, 3.63) is 46.7 Å². The summed E-state index contributed by atoms with van der Waals surface area (Å²) >= 11 is 5.97. The standard InChI is InChI=1S/C20H26ClN5O/c21-16-9-7-15(8-10-16)12-25-11-3-6-18(13-25)26-14-19(23-24-26)20(27)22-17-4-1-2-5-17/h7-10,14,17-18H,1-6,11-13H2,(H,22,27). The minimum absolute atomic E-state index is 0.0954. The molecule has 7 heteroatoms. The number of carbonyl (C=O) groups is 1. The van der Waals surface area contributed by atoms with Crippen LogP contribution in [0.2, 0.25) is 5.02 Å². The lowest BCUT2D eigenvalue weighted by Crippen LogP contribution is -2.36. The van der Waals surface area contributed by atoms with Crippen LogP contribution in [0, 0.1) is 0 Å². The second-order valence-corrected chi connectivity index (χ2v) is 8.13. The molecule has 0 bridgehead atoms. The van der Waals surface area contributed by atoms with Gasteiger partial charge in [0.1, 0.15) is 0 Å². The van der Waals surface area contributed by atoms with Gasteiger partial charge in [0.15, 0.2) is 5.69 Å². The van der Waals surface area contributed by atoms with Crippen LogP contribution in [-0.2, 0) is 6.54 Å². The van der Waals surface area contributed by atoms with Gasteiger partial charge in [0.2, 0.25) is 0 Å². The Morgan fingerprint density at radius 3 is 2.70 bits per heavy atom. The normalized spacial score (nSPS) is 21.4. The molecule has 2 aliphatic rings. The van der Waals surface area contributed by atoms with E-state index < -0.39 is 0 Å². The maximum Gasteiger partial charge on any atom is 0.273 e. The number of piperidine rings is 1. The van der Waals surface area contributed by atoms with Crippen molar-refractivity contribution in [3.8, 4) is 0 Å². The Hall–Kier alpha value is -1.92. The number of halogens is 1. The topological polar surface area (TPSA) is 63.1 Å². The van der Waals surface area contributed by atoms with Crippen LogP contribution in [0.15, 0.2) is 30.5 Å². The zero-order chi connectivity index (χ0) is 18.6. The molecule has 1 aliphatic carbocycles. The molecule has 1 saturated carbocycles. The SMILES string of the molecule is O=C(NC1CCCC1)c1cn(C2CCCN(Cc3ccc(Cl)cc3)C2)nn1. The fourth-order valence-electron chi connectivity index (χ4n) is 4.13. The highest BCUT2D eigenvalue weighted by molar-refractivity contribution is 6.30. The van der Waals surface area contributed by atoms with Gasteiger partial charge in [0.25, 0.3) is 5.91 Å². The molecule has 1 unspecified atom stereocenters. The summed E-state index contributed by atoms with van der Waals surface area (Å²) in [4.78, 5) is 14.8. The number of hydrogen-bond acceptors (Lipinski definition) is 4. The highest BCUT2D eigenvalue weighted by Crippen LogP contribution is 2.23. The van der Waals surface area contributed by atoms with Gasteiger partial charge in [-0.2, -0.15) is 0 Å². The smallest absolute Gasteiger partial charge is 0.273 e. The second kappa shape index (κ2) is 8.40. The lowest BCUT2D eigenvalue weighted by atomic mass is 10.0. The number of likely N-dealkylation sites (tertiary alicyclic amines) is 1. The first-order chi connectivity index (χ1) is 13.2. The molecule has 0 radical (unpaired) electrons. The number of aromatic nitrogens is 3. The van der Waals surface area contributed by atoms with Crippen molar-refractivity contribution >= 4 is 17.5 Å². The van der Waals surface area contributed by atoms with Crippen LogP contribution in [0.3, 0.4) is 0 Å². The first-order valence-electron chi connectivity index (χ1n) is 9.87. The van der Waals surface area contributed by atoms with Crippen molar-refractivity contribution in [2.24, 2.45) is 0 Å². The quantitative estimate of drug-likeness (QED) is 0.853. The third-order valence-corrected chi connectivity index (χ3v) is 5.86. The summed E-state index contributed by atoms with van der Waals surface area (Å²) in [5, 5.41) is 12.2. The van der Waals surface area contributed by atoms with Gasteiger partial charge in [-0.25, -0.2) is 4.68 Å². The molecule has 1 aromatic heterocycles. The van der Waals surface area contributed by atoms with E-state index >= 15 is 0 Å². The number of carbonyl (C=O) groups excluding carboxylic acids is 1. The van der Waals surface area contributed by atoms with E-state index in [2.05, 4.69) is 32.7 Å². The maximum atomic E-state index is 12.4. The van der Waals surface area contributed by atoms with Gasteiger partial charge in [-0.3, -0.25) is 9.69 Å². The van der Waals surface area contributed by atoms with Crippen LogP contribution in [0.5, 0.6) is 0 Å². The van der Waals surface area contributed by atoms with Crippen molar-refractivity contribution in [1.82, 2.24) is 25.2 Å². The van der Waals surface area contributed by atoms with Gasteiger partial charge in [-0.05, 0) is 49.9 Å². The Kier molecular flexibility index (Phi) is 5.74. The summed E-state index contributed by atoms with van der Waals surface area (Å²) in [6, 6.07) is 8.58. The lowest BCUT2D eigenvalue weighted by Gasteiger charge is -2.32. The van der Waals surface area contributed by atoms with Crippen LogP contribution in [0.1, 0.15) is 60.6 Å². The lowest BCUT2D eigenvalue weighted by molar-refractivity contribution is 0.0932. The van der Waals surface area contributed by atoms with Crippen molar-refractivity contribution in [3.63, 3.8) is 0 Å². The van der Waals surface area contributed by atoms with Crippen LogP contribution < -0.4 is 5.32 Å². The fourth-order valence-corrected chi connectivity index (χ4v) is 4.25. The molecule has 0 spiro atoms. The highest BCUT2D eigenvalue weighted by atomic mass is 35.5. The predicted octanol–water partition coefficient (Wildman–Crippen LogP) is 3.44. The zero-order valence-corrected chi connectivity index (χ0v) is 16.2. The molecule has 1 saturated heterocycles. The molecule has 2 aromatic rings. The van der Waals surface area contributed by atoms with E-state index in [0.29, 0.717) is 11.7 Å². The van der Waals surface area contributed by atoms with E-state index in [0.717, 1.165) is 50.3 Å². The molecule has 27 heavy (non-hydrogen) atoms. The molecule has 2 fully saturated rings. The fraction of sp³-hybridized carbons (Fsp3) is 0.550. The average molecular weight is 388 g/mol. The van der Waals surface area contributed by atoms with Crippen molar-refractivity contribution < 1.29 is 4.79 Å². The number of amides is 1. The zero-order valence-electron chi connectivity index (χ0n) is 15.5. The molecule has 4 rings (SSSR count). The molecule has 1 N–H and O–H groups in total. The molecule has 2 heterocycles. The van der Waals surface area contributed by atoms with Gasteiger partial charge >= 0.3 is 0 Å². The molecule has 1 amide bonds. The third kappa shape index (κ3) is 4.68. The number of benzene rings is 1. The number of nitrogens with one attached hydrogen (secondary N) is 1. The molecule has 1 aromatic carbocycles. The minimum atomic E-state index is -0.0954.